The molecule has 1 unspecified atom stereocenters. The van der Waals surface area contributed by atoms with Crippen LogP contribution >= 0.6 is 0 Å². The monoisotopic (exact) mass is 368 g/mol. The summed E-state index contributed by atoms with van der Waals surface area (Å²) < 4.78 is 31.0. The molecule has 0 aliphatic carbocycles. The van der Waals surface area contributed by atoms with E-state index in [9.17, 15) is 13.2 Å². The first kappa shape index (κ1) is 19.7. The van der Waals surface area contributed by atoms with Crippen LogP contribution in [0.5, 0.6) is 5.75 Å². The summed E-state index contributed by atoms with van der Waals surface area (Å²) in [7, 11) is -1.75. The standard InChI is InChI=1S/C18H28N2O4S/c1-13-8-9-15(11-14(13)2)24-10-6-7-17(21)19-16-12-25(22,23)20(5)18(16,3)4/h8-9,11,16H,6-7,10,12H2,1-5H3,(H,19,21). The third-order valence-corrected chi connectivity index (χ3v) is 7.15. The van der Waals surface area contributed by atoms with E-state index < -0.39 is 21.6 Å². The number of sulfonamides is 1. The molecule has 6 nitrogen and oxygen atoms in total. The van der Waals surface area contributed by atoms with E-state index >= 15 is 0 Å². The summed E-state index contributed by atoms with van der Waals surface area (Å²) in [5, 5.41) is 2.86. The molecule has 0 radical (unpaired) electrons. The van der Waals surface area contributed by atoms with Crippen LogP contribution < -0.4 is 10.1 Å². The lowest BCUT2D eigenvalue weighted by Crippen LogP contribution is -2.52. The summed E-state index contributed by atoms with van der Waals surface area (Å²) in [6.07, 6.45) is 0.885. The molecule has 1 atom stereocenters. The van der Waals surface area contributed by atoms with Gasteiger partial charge in [0.1, 0.15) is 5.75 Å². The molecule has 25 heavy (non-hydrogen) atoms. The van der Waals surface area contributed by atoms with Crippen molar-refractivity contribution in [3.63, 3.8) is 0 Å². The van der Waals surface area contributed by atoms with Crippen LogP contribution in [0.15, 0.2) is 18.2 Å². The van der Waals surface area contributed by atoms with Gasteiger partial charge in [0.25, 0.3) is 0 Å². The van der Waals surface area contributed by atoms with Crippen molar-refractivity contribution in [2.75, 3.05) is 19.4 Å². The number of aryl methyl sites for hydroxylation is 2. The number of amides is 1. The van der Waals surface area contributed by atoms with Crippen molar-refractivity contribution in [3.05, 3.63) is 29.3 Å². The number of carbonyl (C=O) groups is 1. The van der Waals surface area contributed by atoms with Gasteiger partial charge in [0.15, 0.2) is 0 Å². The van der Waals surface area contributed by atoms with Crippen molar-refractivity contribution >= 4 is 15.9 Å². The number of ether oxygens (including phenoxy) is 1. The molecule has 1 aromatic carbocycles. The Morgan fingerprint density at radius 3 is 2.56 bits per heavy atom. The molecule has 1 heterocycles. The SMILES string of the molecule is Cc1ccc(OCCCC(=O)NC2CS(=O)(=O)N(C)C2(C)C)cc1C. The molecule has 140 valence electrons. The highest BCUT2D eigenvalue weighted by Crippen LogP contribution is 2.29. The first-order valence-electron chi connectivity index (χ1n) is 8.50. The molecule has 0 spiro atoms. The predicted molar refractivity (Wildman–Crippen MR) is 98.2 cm³/mol. The zero-order chi connectivity index (χ0) is 18.8. The number of nitrogens with zero attached hydrogens (tertiary/aromatic N) is 1. The highest BCUT2D eigenvalue weighted by molar-refractivity contribution is 7.89. The molecule has 1 aromatic rings. The number of rotatable bonds is 6. The average Bonchev–Trinajstić information content (AvgIpc) is 2.67. The van der Waals surface area contributed by atoms with Crippen LogP contribution in [0, 0.1) is 13.8 Å². The van der Waals surface area contributed by atoms with Crippen LogP contribution in [0.25, 0.3) is 0 Å². The predicted octanol–water partition coefficient (Wildman–Crippen LogP) is 2.00. The fraction of sp³-hybridized carbons (Fsp3) is 0.611. The minimum atomic E-state index is -3.30. The quantitative estimate of drug-likeness (QED) is 0.779. The van der Waals surface area contributed by atoms with Crippen molar-refractivity contribution in [2.24, 2.45) is 0 Å². The molecule has 1 aliphatic rings. The molecular weight excluding hydrogens is 340 g/mol. The van der Waals surface area contributed by atoms with E-state index in [1.54, 1.807) is 7.05 Å². The van der Waals surface area contributed by atoms with Gasteiger partial charge in [-0.1, -0.05) is 6.07 Å². The third-order valence-electron chi connectivity index (χ3n) is 5.09. The van der Waals surface area contributed by atoms with Gasteiger partial charge in [-0.2, -0.15) is 4.31 Å². The fourth-order valence-corrected chi connectivity index (χ4v) is 4.80. The topological polar surface area (TPSA) is 75.7 Å². The number of carbonyl (C=O) groups excluding carboxylic acids is 1. The summed E-state index contributed by atoms with van der Waals surface area (Å²) in [5.41, 5.74) is 1.76. The van der Waals surface area contributed by atoms with Crippen molar-refractivity contribution in [2.45, 2.75) is 52.1 Å². The second-order valence-corrected chi connectivity index (χ2v) is 9.26. The number of nitrogens with one attached hydrogen (secondary N) is 1. The molecule has 1 saturated heterocycles. The molecule has 2 rings (SSSR count). The minimum Gasteiger partial charge on any atom is -0.494 e. The lowest BCUT2D eigenvalue weighted by atomic mass is 9.96. The van der Waals surface area contributed by atoms with Crippen LogP contribution in [-0.2, 0) is 14.8 Å². The summed E-state index contributed by atoms with van der Waals surface area (Å²) in [6, 6.07) is 5.51. The van der Waals surface area contributed by atoms with Crippen molar-refractivity contribution in [1.29, 1.82) is 0 Å². The normalized spacial score (nSPS) is 21.9. The summed E-state index contributed by atoms with van der Waals surface area (Å²) >= 11 is 0. The molecule has 7 heteroatoms. The molecular formula is C18H28N2O4S. The van der Waals surface area contributed by atoms with Crippen molar-refractivity contribution < 1.29 is 17.9 Å². The van der Waals surface area contributed by atoms with Gasteiger partial charge >= 0.3 is 0 Å². The molecule has 0 saturated carbocycles. The molecule has 1 amide bonds. The van der Waals surface area contributed by atoms with E-state index in [2.05, 4.69) is 5.32 Å². The Labute approximate surface area is 150 Å². The summed E-state index contributed by atoms with van der Waals surface area (Å²) in [6.45, 7) is 8.18. The molecule has 1 fully saturated rings. The van der Waals surface area contributed by atoms with Gasteiger partial charge < -0.3 is 10.1 Å². The van der Waals surface area contributed by atoms with Crippen LogP contribution in [0.1, 0.15) is 37.8 Å². The Kier molecular flexibility index (Phi) is 5.79. The van der Waals surface area contributed by atoms with Crippen LogP contribution in [-0.4, -0.2) is 49.6 Å². The first-order chi connectivity index (χ1) is 11.5. The Morgan fingerprint density at radius 2 is 2.00 bits per heavy atom. The third kappa shape index (κ3) is 4.52. The van der Waals surface area contributed by atoms with Gasteiger partial charge in [-0.05, 0) is 57.4 Å². The van der Waals surface area contributed by atoms with Gasteiger partial charge in [-0.3, -0.25) is 4.79 Å². The maximum Gasteiger partial charge on any atom is 0.220 e. The Morgan fingerprint density at radius 1 is 1.32 bits per heavy atom. The van der Waals surface area contributed by atoms with Gasteiger partial charge in [0.05, 0.1) is 23.9 Å². The molecule has 1 N–H and O–H groups in total. The maximum atomic E-state index is 12.1. The molecule has 0 bridgehead atoms. The van der Waals surface area contributed by atoms with Crippen molar-refractivity contribution in [1.82, 2.24) is 9.62 Å². The second-order valence-electron chi connectivity index (χ2n) is 7.22. The largest absolute Gasteiger partial charge is 0.494 e. The van der Waals surface area contributed by atoms with Gasteiger partial charge in [0.2, 0.25) is 15.9 Å². The van der Waals surface area contributed by atoms with E-state index in [0.29, 0.717) is 19.4 Å². The molecule has 0 aromatic heterocycles. The zero-order valence-electron chi connectivity index (χ0n) is 15.6. The highest BCUT2D eigenvalue weighted by Gasteiger charge is 2.49. The maximum absolute atomic E-state index is 12.1. The van der Waals surface area contributed by atoms with Crippen molar-refractivity contribution in [3.8, 4) is 5.75 Å². The Balaban J connectivity index is 1.78. The number of benzene rings is 1. The Hall–Kier alpha value is -1.60. The zero-order valence-corrected chi connectivity index (χ0v) is 16.4. The fourth-order valence-electron chi connectivity index (χ4n) is 2.82. The van der Waals surface area contributed by atoms with E-state index in [1.807, 2.05) is 45.9 Å². The number of hydrogen-bond acceptors (Lipinski definition) is 4. The van der Waals surface area contributed by atoms with Crippen LogP contribution in [0.3, 0.4) is 0 Å². The molecule has 1 aliphatic heterocycles. The minimum absolute atomic E-state index is 0.0542. The van der Waals surface area contributed by atoms with Gasteiger partial charge in [-0.15, -0.1) is 0 Å². The lowest BCUT2D eigenvalue weighted by Gasteiger charge is -2.31. The van der Waals surface area contributed by atoms with E-state index in [1.165, 1.54) is 15.4 Å². The van der Waals surface area contributed by atoms with E-state index in [0.717, 1.165) is 5.75 Å². The number of likely N-dealkylation sites (N-methyl/N-ethyl adjacent to an activating group) is 1. The van der Waals surface area contributed by atoms with Gasteiger partial charge in [0, 0.05) is 13.5 Å². The number of hydrogen-bond donors (Lipinski definition) is 1. The summed E-state index contributed by atoms with van der Waals surface area (Å²) in [4.78, 5) is 12.1. The summed E-state index contributed by atoms with van der Waals surface area (Å²) in [5.74, 6) is 0.599. The first-order valence-corrected chi connectivity index (χ1v) is 10.1. The van der Waals surface area contributed by atoms with E-state index in [4.69, 9.17) is 4.74 Å². The van der Waals surface area contributed by atoms with Gasteiger partial charge in [-0.25, -0.2) is 8.42 Å². The average molecular weight is 368 g/mol. The van der Waals surface area contributed by atoms with Crippen LogP contribution in [0.4, 0.5) is 0 Å². The van der Waals surface area contributed by atoms with Crippen LogP contribution in [0.2, 0.25) is 0 Å². The highest BCUT2D eigenvalue weighted by atomic mass is 32.2. The van der Waals surface area contributed by atoms with E-state index in [-0.39, 0.29) is 11.7 Å². The smallest absolute Gasteiger partial charge is 0.220 e. The Bertz CT molecular complexity index is 743. The lowest BCUT2D eigenvalue weighted by molar-refractivity contribution is -0.122. The second kappa shape index (κ2) is 7.33.